The minimum atomic E-state index is -0.454. The lowest BCUT2D eigenvalue weighted by Gasteiger charge is -2.12. The van der Waals surface area contributed by atoms with Gasteiger partial charge in [-0.2, -0.15) is 0 Å². The van der Waals surface area contributed by atoms with Gasteiger partial charge in [-0.15, -0.1) is 11.3 Å². The van der Waals surface area contributed by atoms with Crippen molar-refractivity contribution in [2.45, 2.75) is 6.92 Å². The molecule has 0 atom stereocenters. The highest BCUT2D eigenvalue weighted by Crippen LogP contribution is 2.40. The quantitative estimate of drug-likeness (QED) is 0.255. The molecule has 0 fully saturated rings. The van der Waals surface area contributed by atoms with Gasteiger partial charge in [0.1, 0.15) is 15.6 Å². The van der Waals surface area contributed by atoms with Crippen molar-refractivity contribution in [1.82, 2.24) is 0 Å². The molecule has 8 heteroatoms. The number of nitrogens with one attached hydrogen (secondary N) is 2. The molecule has 0 unspecified atom stereocenters. The lowest BCUT2D eigenvalue weighted by molar-refractivity contribution is 0.102. The fraction of sp³-hybridized carbons (Fsp3) is 0.0769. The number of benzene rings is 3. The molecule has 6 nitrogen and oxygen atoms in total. The normalized spacial score (nSPS) is 10.6. The van der Waals surface area contributed by atoms with E-state index in [1.165, 1.54) is 7.11 Å². The van der Waals surface area contributed by atoms with E-state index in [-0.39, 0.29) is 21.9 Å². The lowest BCUT2D eigenvalue weighted by Crippen LogP contribution is -2.15. The average Bonchev–Trinajstić information content (AvgIpc) is 3.16. The van der Waals surface area contributed by atoms with Crippen LogP contribution in [0.3, 0.4) is 0 Å². The van der Waals surface area contributed by atoms with Gasteiger partial charge < -0.3 is 21.1 Å². The van der Waals surface area contributed by atoms with E-state index in [0.717, 1.165) is 22.6 Å². The zero-order valence-corrected chi connectivity index (χ0v) is 20.1. The van der Waals surface area contributed by atoms with E-state index in [1.807, 2.05) is 37.3 Å². The second-order valence-electron chi connectivity index (χ2n) is 7.48. The van der Waals surface area contributed by atoms with Crippen molar-refractivity contribution in [3.63, 3.8) is 0 Å². The minimum absolute atomic E-state index is 0.105. The molecule has 0 aliphatic carbocycles. The van der Waals surface area contributed by atoms with Crippen molar-refractivity contribution in [2.75, 3.05) is 23.5 Å². The third-order valence-electron chi connectivity index (χ3n) is 5.23. The average molecular weight is 492 g/mol. The Morgan fingerprint density at radius 2 is 1.59 bits per heavy atom. The van der Waals surface area contributed by atoms with Crippen LogP contribution in [0, 0.1) is 6.92 Å². The first-order valence-corrected chi connectivity index (χ1v) is 11.6. The van der Waals surface area contributed by atoms with Gasteiger partial charge in [0.05, 0.1) is 24.0 Å². The summed E-state index contributed by atoms with van der Waals surface area (Å²) in [6, 6.07) is 21.3. The Balaban J connectivity index is 1.78. The van der Waals surface area contributed by atoms with E-state index in [2.05, 4.69) is 10.6 Å². The van der Waals surface area contributed by atoms with Crippen LogP contribution in [0.15, 0.2) is 72.8 Å². The maximum atomic E-state index is 13.4. The van der Waals surface area contributed by atoms with E-state index in [9.17, 15) is 9.59 Å². The van der Waals surface area contributed by atoms with Gasteiger partial charge in [0.25, 0.3) is 5.91 Å². The number of anilines is 4. The number of methoxy groups -OCH3 is 1. The minimum Gasteiger partial charge on any atom is -0.495 e. The summed E-state index contributed by atoms with van der Waals surface area (Å²) >= 11 is 7.10. The molecule has 0 saturated heterocycles. The number of hydrogen-bond acceptors (Lipinski definition) is 6. The molecule has 0 saturated carbocycles. The first kappa shape index (κ1) is 23.4. The number of ketones is 1. The highest BCUT2D eigenvalue weighted by Gasteiger charge is 2.27. The fourth-order valence-corrected chi connectivity index (χ4v) is 4.64. The van der Waals surface area contributed by atoms with Crippen molar-refractivity contribution in [3.8, 4) is 5.75 Å². The van der Waals surface area contributed by atoms with Gasteiger partial charge in [0.2, 0.25) is 5.78 Å². The molecular formula is C26H22ClN3O3S. The molecule has 0 aliphatic rings. The van der Waals surface area contributed by atoms with Crippen LogP contribution in [0.5, 0.6) is 5.75 Å². The number of nitrogens with two attached hydrogens (primary N) is 1. The van der Waals surface area contributed by atoms with Crippen molar-refractivity contribution in [2.24, 2.45) is 0 Å². The molecule has 0 spiro atoms. The summed E-state index contributed by atoms with van der Waals surface area (Å²) in [5, 5.41) is 7.13. The number of aryl methyl sites for hydroxylation is 1. The number of rotatable bonds is 7. The summed E-state index contributed by atoms with van der Waals surface area (Å²) in [4.78, 5) is 26.9. The van der Waals surface area contributed by atoms with Crippen molar-refractivity contribution < 1.29 is 14.3 Å². The van der Waals surface area contributed by atoms with Crippen molar-refractivity contribution in [3.05, 3.63) is 99.4 Å². The SMILES string of the molecule is COc1ccccc1NC(=O)c1c(Nc2ccccc2C)sc(C(=O)c2ccc(Cl)cc2)c1N. The maximum Gasteiger partial charge on any atom is 0.260 e. The number of carbonyl (C=O) groups excluding carboxylic acids is 2. The third kappa shape index (κ3) is 4.76. The van der Waals surface area contributed by atoms with Crippen LogP contribution in [-0.2, 0) is 0 Å². The van der Waals surface area contributed by atoms with Gasteiger partial charge in [0.15, 0.2) is 0 Å². The van der Waals surface area contributed by atoms with E-state index >= 15 is 0 Å². The van der Waals surface area contributed by atoms with Gasteiger partial charge >= 0.3 is 0 Å². The predicted molar refractivity (Wildman–Crippen MR) is 139 cm³/mol. The molecule has 0 radical (unpaired) electrons. The largest absolute Gasteiger partial charge is 0.495 e. The summed E-state index contributed by atoms with van der Waals surface area (Å²) in [7, 11) is 1.53. The lowest BCUT2D eigenvalue weighted by atomic mass is 10.1. The number of nitrogen functional groups attached to an aromatic ring is 1. The fourth-order valence-electron chi connectivity index (χ4n) is 3.43. The molecule has 4 aromatic rings. The molecule has 3 aromatic carbocycles. The molecule has 0 aliphatic heterocycles. The van der Waals surface area contributed by atoms with Crippen LogP contribution in [0.2, 0.25) is 5.02 Å². The predicted octanol–water partition coefficient (Wildman–Crippen LogP) is 6.53. The van der Waals surface area contributed by atoms with Gasteiger partial charge in [-0.1, -0.05) is 41.9 Å². The molecule has 4 rings (SSSR count). The number of halogens is 1. The summed E-state index contributed by atoms with van der Waals surface area (Å²) in [5.74, 6) is -0.233. The first-order valence-electron chi connectivity index (χ1n) is 10.4. The summed E-state index contributed by atoms with van der Waals surface area (Å²) in [6.07, 6.45) is 0. The molecule has 172 valence electrons. The Morgan fingerprint density at radius 3 is 2.26 bits per heavy atom. The summed E-state index contributed by atoms with van der Waals surface area (Å²) in [5.41, 5.74) is 9.43. The van der Waals surface area contributed by atoms with Crippen molar-refractivity contribution in [1.29, 1.82) is 0 Å². The van der Waals surface area contributed by atoms with E-state index in [0.29, 0.717) is 27.0 Å². The van der Waals surface area contributed by atoms with E-state index < -0.39 is 5.91 Å². The number of hydrogen-bond donors (Lipinski definition) is 3. The monoisotopic (exact) mass is 491 g/mol. The summed E-state index contributed by atoms with van der Waals surface area (Å²) in [6.45, 7) is 1.95. The smallest absolute Gasteiger partial charge is 0.260 e. The van der Waals surface area contributed by atoms with Crippen LogP contribution >= 0.6 is 22.9 Å². The van der Waals surface area contributed by atoms with Gasteiger partial charge in [-0.3, -0.25) is 9.59 Å². The molecule has 1 aromatic heterocycles. The number of carbonyl (C=O) groups is 2. The van der Waals surface area contributed by atoms with Gasteiger partial charge in [0, 0.05) is 16.3 Å². The number of para-hydroxylation sites is 3. The van der Waals surface area contributed by atoms with Crippen LogP contribution in [0.4, 0.5) is 22.1 Å². The molecular weight excluding hydrogens is 470 g/mol. The van der Waals surface area contributed by atoms with E-state index in [4.69, 9.17) is 22.1 Å². The Labute approximate surface area is 206 Å². The standard InChI is InChI=1S/C26H22ClN3O3S/c1-15-7-3-4-8-18(15)30-26-21(25(32)29-19-9-5-6-10-20(19)33-2)22(28)24(34-26)23(31)16-11-13-17(27)14-12-16/h3-14,30H,28H2,1-2H3,(H,29,32). The number of ether oxygens (including phenoxy) is 1. The second kappa shape index (κ2) is 9.99. The zero-order chi connectivity index (χ0) is 24.2. The second-order valence-corrected chi connectivity index (χ2v) is 8.94. The number of thiophene rings is 1. The number of amides is 1. The Bertz CT molecular complexity index is 1370. The van der Waals surface area contributed by atoms with Crippen LogP contribution < -0.4 is 21.1 Å². The zero-order valence-electron chi connectivity index (χ0n) is 18.5. The van der Waals surface area contributed by atoms with Crippen LogP contribution in [0.25, 0.3) is 0 Å². The Kier molecular flexibility index (Phi) is 6.86. The molecule has 4 N–H and O–H groups in total. The Hall–Kier alpha value is -3.81. The Morgan fingerprint density at radius 1 is 0.941 bits per heavy atom. The first-order chi connectivity index (χ1) is 16.4. The molecule has 34 heavy (non-hydrogen) atoms. The maximum absolute atomic E-state index is 13.4. The van der Waals surface area contributed by atoms with Crippen LogP contribution in [0.1, 0.15) is 31.2 Å². The van der Waals surface area contributed by atoms with E-state index in [1.54, 1.807) is 42.5 Å². The van der Waals surface area contributed by atoms with Crippen LogP contribution in [-0.4, -0.2) is 18.8 Å². The summed E-state index contributed by atoms with van der Waals surface area (Å²) < 4.78 is 5.34. The highest BCUT2D eigenvalue weighted by atomic mass is 35.5. The van der Waals surface area contributed by atoms with Gasteiger partial charge in [-0.05, 0) is 55.0 Å². The van der Waals surface area contributed by atoms with Crippen molar-refractivity contribution >= 4 is 56.7 Å². The molecule has 0 bridgehead atoms. The molecule has 1 amide bonds. The van der Waals surface area contributed by atoms with Gasteiger partial charge in [-0.25, -0.2) is 0 Å². The highest BCUT2D eigenvalue weighted by molar-refractivity contribution is 7.19. The topological polar surface area (TPSA) is 93.5 Å². The third-order valence-corrected chi connectivity index (χ3v) is 6.61. The molecule has 1 heterocycles.